The van der Waals surface area contributed by atoms with Gasteiger partial charge < -0.3 is 0 Å². The van der Waals surface area contributed by atoms with Crippen molar-refractivity contribution < 1.29 is 8.78 Å². The molecule has 2 aromatic rings. The fourth-order valence-electron chi connectivity index (χ4n) is 1.82. The first-order valence-electron chi connectivity index (χ1n) is 5.53. The molecule has 0 heterocycles. The minimum atomic E-state index is -0.509. The van der Waals surface area contributed by atoms with E-state index in [2.05, 4.69) is 0 Å². The molecule has 0 atom stereocenters. The Morgan fingerprint density at radius 3 is 2.17 bits per heavy atom. The number of rotatable bonds is 2. The molecule has 0 spiro atoms. The number of nitrogens with zero attached hydrogens (tertiary/aromatic N) is 1. The quantitative estimate of drug-likeness (QED) is 0.781. The van der Waals surface area contributed by atoms with E-state index < -0.39 is 11.6 Å². The van der Waals surface area contributed by atoms with Crippen molar-refractivity contribution >= 4 is 0 Å². The van der Waals surface area contributed by atoms with Crippen LogP contribution in [0.25, 0.3) is 11.1 Å². The monoisotopic (exact) mass is 243 g/mol. The van der Waals surface area contributed by atoms with Gasteiger partial charge in [0.2, 0.25) is 0 Å². The minimum Gasteiger partial charge on any atom is -0.206 e. The van der Waals surface area contributed by atoms with Gasteiger partial charge in [0.1, 0.15) is 11.6 Å². The first kappa shape index (κ1) is 12.3. The van der Waals surface area contributed by atoms with Crippen LogP contribution in [0.15, 0.2) is 36.4 Å². The predicted molar refractivity (Wildman–Crippen MR) is 65.8 cm³/mol. The van der Waals surface area contributed by atoms with Gasteiger partial charge in [0.15, 0.2) is 0 Å². The second-order valence-corrected chi connectivity index (χ2v) is 4.13. The SMILES string of the molecule is Cc1ccc(-c2ccc(CC#N)cc2F)c(F)c1. The molecule has 1 nitrogen and oxygen atoms in total. The van der Waals surface area contributed by atoms with E-state index in [1.54, 1.807) is 25.1 Å². The number of nitriles is 1. The van der Waals surface area contributed by atoms with Crippen LogP contribution >= 0.6 is 0 Å². The summed E-state index contributed by atoms with van der Waals surface area (Å²) in [6, 6.07) is 11.0. The molecule has 0 unspecified atom stereocenters. The molecule has 0 bridgehead atoms. The molecule has 0 saturated carbocycles. The van der Waals surface area contributed by atoms with Crippen molar-refractivity contribution in [1.82, 2.24) is 0 Å². The molecule has 3 heteroatoms. The lowest BCUT2D eigenvalue weighted by molar-refractivity contribution is 0.615. The summed E-state index contributed by atoms with van der Waals surface area (Å²) >= 11 is 0. The topological polar surface area (TPSA) is 23.8 Å². The standard InChI is InChI=1S/C15H11F2N/c1-10-2-4-12(14(16)8-10)13-5-3-11(6-7-18)9-15(13)17/h2-5,8-9H,6H2,1H3. The molecule has 2 rings (SSSR count). The van der Waals surface area contributed by atoms with Crippen molar-refractivity contribution in [2.45, 2.75) is 13.3 Å². The Bertz CT molecular complexity index is 627. The molecule has 0 amide bonds. The van der Waals surface area contributed by atoms with Crippen molar-refractivity contribution in [3.05, 3.63) is 59.2 Å². The maximum atomic E-state index is 13.9. The molecule has 0 radical (unpaired) electrons. The van der Waals surface area contributed by atoms with Gasteiger partial charge in [-0.15, -0.1) is 0 Å². The first-order valence-corrected chi connectivity index (χ1v) is 5.53. The van der Waals surface area contributed by atoms with Crippen molar-refractivity contribution in [1.29, 1.82) is 5.26 Å². The zero-order valence-electron chi connectivity index (χ0n) is 9.87. The van der Waals surface area contributed by atoms with E-state index in [0.29, 0.717) is 5.56 Å². The summed E-state index contributed by atoms with van der Waals surface area (Å²) < 4.78 is 27.6. The summed E-state index contributed by atoms with van der Waals surface area (Å²) in [4.78, 5) is 0. The molecule has 0 fully saturated rings. The van der Waals surface area contributed by atoms with Crippen LogP contribution in [0.1, 0.15) is 11.1 Å². The van der Waals surface area contributed by atoms with Gasteiger partial charge in [-0.1, -0.05) is 24.3 Å². The minimum absolute atomic E-state index is 0.146. The van der Waals surface area contributed by atoms with E-state index in [0.717, 1.165) is 5.56 Å². The number of hydrogen-bond donors (Lipinski definition) is 0. The molecular weight excluding hydrogens is 232 g/mol. The van der Waals surface area contributed by atoms with Crippen LogP contribution in [0, 0.1) is 29.9 Å². The summed E-state index contributed by atoms with van der Waals surface area (Å²) in [5.41, 5.74) is 1.83. The molecule has 2 aromatic carbocycles. The van der Waals surface area contributed by atoms with E-state index in [-0.39, 0.29) is 17.5 Å². The maximum absolute atomic E-state index is 13.9. The van der Waals surface area contributed by atoms with Gasteiger partial charge >= 0.3 is 0 Å². The zero-order valence-corrected chi connectivity index (χ0v) is 9.87. The van der Waals surface area contributed by atoms with Crippen LogP contribution in [0.5, 0.6) is 0 Å². The lowest BCUT2D eigenvalue weighted by Crippen LogP contribution is -1.92. The molecule has 0 aliphatic carbocycles. The van der Waals surface area contributed by atoms with Crippen LogP contribution < -0.4 is 0 Å². The zero-order chi connectivity index (χ0) is 13.1. The van der Waals surface area contributed by atoms with E-state index >= 15 is 0 Å². The van der Waals surface area contributed by atoms with Crippen LogP contribution in [0.2, 0.25) is 0 Å². The van der Waals surface area contributed by atoms with Gasteiger partial charge in [-0.05, 0) is 30.2 Å². The van der Waals surface area contributed by atoms with Gasteiger partial charge in [-0.3, -0.25) is 0 Å². The molecule has 0 N–H and O–H groups in total. The number of halogens is 2. The Labute approximate surface area is 104 Å². The van der Waals surface area contributed by atoms with Crippen molar-refractivity contribution in [3.63, 3.8) is 0 Å². The first-order chi connectivity index (χ1) is 8.61. The summed E-state index contributed by atoms with van der Waals surface area (Å²) in [6.45, 7) is 1.78. The third kappa shape index (κ3) is 2.38. The molecule has 0 aliphatic heterocycles. The van der Waals surface area contributed by atoms with E-state index in [1.807, 2.05) is 6.07 Å². The smallest absolute Gasteiger partial charge is 0.131 e. The highest BCUT2D eigenvalue weighted by molar-refractivity contribution is 5.65. The average molecular weight is 243 g/mol. The molecule has 18 heavy (non-hydrogen) atoms. The summed E-state index contributed by atoms with van der Waals surface area (Å²) in [6.07, 6.45) is 0.146. The van der Waals surface area contributed by atoms with Gasteiger partial charge in [-0.2, -0.15) is 5.26 Å². The van der Waals surface area contributed by atoms with Gasteiger partial charge in [0, 0.05) is 11.1 Å². The Balaban J connectivity index is 2.48. The maximum Gasteiger partial charge on any atom is 0.131 e. The van der Waals surface area contributed by atoms with Gasteiger partial charge in [0.05, 0.1) is 12.5 Å². The second-order valence-electron chi connectivity index (χ2n) is 4.13. The molecule has 90 valence electrons. The highest BCUT2D eigenvalue weighted by atomic mass is 19.1. The molecule has 0 aliphatic rings. The van der Waals surface area contributed by atoms with Gasteiger partial charge in [0.25, 0.3) is 0 Å². The number of aryl methyl sites for hydroxylation is 1. The fraction of sp³-hybridized carbons (Fsp3) is 0.133. The van der Waals surface area contributed by atoms with Crippen LogP contribution in [-0.4, -0.2) is 0 Å². The molecule has 0 aromatic heterocycles. The largest absolute Gasteiger partial charge is 0.206 e. The predicted octanol–water partition coefficient (Wildman–Crippen LogP) is 4.01. The van der Waals surface area contributed by atoms with Crippen LogP contribution in [-0.2, 0) is 6.42 Å². The van der Waals surface area contributed by atoms with Crippen molar-refractivity contribution in [2.24, 2.45) is 0 Å². The Morgan fingerprint density at radius 2 is 1.61 bits per heavy atom. The number of hydrogen-bond acceptors (Lipinski definition) is 1. The highest BCUT2D eigenvalue weighted by Crippen LogP contribution is 2.27. The van der Waals surface area contributed by atoms with Crippen LogP contribution in [0.4, 0.5) is 8.78 Å². The third-order valence-corrected chi connectivity index (χ3v) is 2.73. The normalized spacial score (nSPS) is 10.1. The van der Waals surface area contributed by atoms with E-state index in [4.69, 9.17) is 5.26 Å². The highest BCUT2D eigenvalue weighted by Gasteiger charge is 2.10. The van der Waals surface area contributed by atoms with E-state index in [9.17, 15) is 8.78 Å². The fourth-order valence-corrected chi connectivity index (χ4v) is 1.82. The lowest BCUT2D eigenvalue weighted by atomic mass is 10.0. The Kier molecular flexibility index (Phi) is 3.38. The number of benzene rings is 2. The molecule has 0 saturated heterocycles. The molecular formula is C15H11F2N. The van der Waals surface area contributed by atoms with Crippen molar-refractivity contribution in [3.8, 4) is 17.2 Å². The van der Waals surface area contributed by atoms with Crippen LogP contribution in [0.3, 0.4) is 0 Å². The van der Waals surface area contributed by atoms with E-state index in [1.165, 1.54) is 18.2 Å². The van der Waals surface area contributed by atoms with Crippen molar-refractivity contribution in [2.75, 3.05) is 0 Å². The second kappa shape index (κ2) is 4.97. The van der Waals surface area contributed by atoms with Gasteiger partial charge in [-0.25, -0.2) is 8.78 Å². The summed E-state index contributed by atoms with van der Waals surface area (Å²) in [5, 5.41) is 8.54. The Morgan fingerprint density at radius 1 is 1.00 bits per heavy atom. The Hall–Kier alpha value is -2.21. The average Bonchev–Trinajstić information content (AvgIpc) is 2.31. The summed E-state index contributed by atoms with van der Waals surface area (Å²) in [5.74, 6) is -0.951. The third-order valence-electron chi connectivity index (χ3n) is 2.73. The lowest BCUT2D eigenvalue weighted by Gasteiger charge is -2.07. The summed E-state index contributed by atoms with van der Waals surface area (Å²) in [7, 11) is 0.